The summed E-state index contributed by atoms with van der Waals surface area (Å²) in [6, 6.07) is 3.59. The Morgan fingerprint density at radius 2 is 2.21 bits per heavy atom. The van der Waals surface area contributed by atoms with Gasteiger partial charge in [-0.25, -0.2) is 14.8 Å². The summed E-state index contributed by atoms with van der Waals surface area (Å²) in [7, 11) is 0. The summed E-state index contributed by atoms with van der Waals surface area (Å²) in [5, 5.41) is 3.65. The minimum atomic E-state index is -0.308. The molecule has 1 N–H and O–H groups in total. The first-order chi connectivity index (χ1) is 9.10. The van der Waals surface area contributed by atoms with E-state index >= 15 is 0 Å². The van der Waals surface area contributed by atoms with Crippen molar-refractivity contribution in [3.63, 3.8) is 0 Å². The van der Waals surface area contributed by atoms with E-state index < -0.39 is 0 Å². The van der Waals surface area contributed by atoms with E-state index in [-0.39, 0.29) is 5.69 Å². The zero-order chi connectivity index (χ0) is 13.8. The molecule has 100 valence electrons. The van der Waals surface area contributed by atoms with Crippen molar-refractivity contribution in [3.8, 4) is 0 Å². The highest BCUT2D eigenvalue weighted by molar-refractivity contribution is 6.31. The van der Waals surface area contributed by atoms with Crippen LogP contribution in [0.1, 0.15) is 18.2 Å². The molecule has 2 aromatic rings. The van der Waals surface area contributed by atoms with Crippen molar-refractivity contribution in [3.05, 3.63) is 51.3 Å². The van der Waals surface area contributed by atoms with Crippen LogP contribution >= 0.6 is 11.6 Å². The van der Waals surface area contributed by atoms with E-state index in [0.717, 1.165) is 17.9 Å². The van der Waals surface area contributed by atoms with Gasteiger partial charge in [-0.1, -0.05) is 11.6 Å². The van der Waals surface area contributed by atoms with E-state index in [4.69, 9.17) is 11.6 Å². The van der Waals surface area contributed by atoms with Gasteiger partial charge in [-0.3, -0.25) is 4.57 Å². The van der Waals surface area contributed by atoms with Crippen LogP contribution < -0.4 is 11.0 Å². The molecule has 2 heterocycles. The number of hydrogen-bond donors (Lipinski definition) is 1. The van der Waals surface area contributed by atoms with Crippen LogP contribution in [0.15, 0.2) is 29.3 Å². The Morgan fingerprint density at radius 3 is 2.95 bits per heavy atom. The monoisotopic (exact) mass is 278 g/mol. The predicted molar refractivity (Wildman–Crippen MR) is 75.7 cm³/mol. The molecule has 0 atom stereocenters. The third-order valence-corrected chi connectivity index (χ3v) is 2.92. The molecule has 0 aliphatic heterocycles. The molecule has 0 aromatic carbocycles. The number of rotatable bonds is 4. The van der Waals surface area contributed by atoms with Crippen LogP contribution in [-0.2, 0) is 6.54 Å². The fourth-order valence-electron chi connectivity index (χ4n) is 1.71. The summed E-state index contributed by atoms with van der Waals surface area (Å²) < 4.78 is 1.50. The Bertz CT molecular complexity index is 639. The molecular formula is C13H15ClN4O. The molecule has 2 aromatic heterocycles. The maximum absolute atomic E-state index is 11.7. The topological polar surface area (TPSA) is 59.8 Å². The second-order valence-corrected chi connectivity index (χ2v) is 4.60. The molecule has 0 amide bonds. The second kappa shape index (κ2) is 5.84. The maximum atomic E-state index is 11.7. The molecule has 6 heteroatoms. The van der Waals surface area contributed by atoms with Gasteiger partial charge in [0.05, 0.1) is 17.3 Å². The van der Waals surface area contributed by atoms with Gasteiger partial charge >= 0.3 is 5.69 Å². The van der Waals surface area contributed by atoms with Gasteiger partial charge in [-0.05, 0) is 31.5 Å². The first kappa shape index (κ1) is 13.5. The fourth-order valence-corrected chi connectivity index (χ4v) is 1.88. The lowest BCUT2D eigenvalue weighted by Gasteiger charge is -2.09. The Kier molecular flexibility index (Phi) is 4.16. The van der Waals surface area contributed by atoms with Crippen LogP contribution in [0.5, 0.6) is 0 Å². The Labute approximate surface area is 116 Å². The summed E-state index contributed by atoms with van der Waals surface area (Å²) in [5.74, 6) is 0.746. The Hall–Kier alpha value is -1.88. The molecule has 0 saturated heterocycles. The number of nitrogens with one attached hydrogen (secondary N) is 1. The van der Waals surface area contributed by atoms with Gasteiger partial charge in [-0.15, -0.1) is 0 Å². The van der Waals surface area contributed by atoms with E-state index in [9.17, 15) is 4.79 Å². The third-order valence-electron chi connectivity index (χ3n) is 2.58. The summed E-state index contributed by atoms with van der Waals surface area (Å²) in [6.45, 7) is 4.96. The predicted octanol–water partition coefficient (Wildman–Crippen LogP) is 2.08. The maximum Gasteiger partial charge on any atom is 0.347 e. The van der Waals surface area contributed by atoms with E-state index in [1.165, 1.54) is 4.57 Å². The van der Waals surface area contributed by atoms with Gasteiger partial charge in [0.15, 0.2) is 0 Å². The van der Waals surface area contributed by atoms with Crippen molar-refractivity contribution >= 4 is 17.4 Å². The van der Waals surface area contributed by atoms with Gasteiger partial charge in [0.25, 0.3) is 0 Å². The molecule has 2 rings (SSSR count). The number of halogens is 1. The van der Waals surface area contributed by atoms with Crippen LogP contribution in [0.2, 0.25) is 5.02 Å². The fraction of sp³-hybridized carbons (Fsp3) is 0.308. The smallest absolute Gasteiger partial charge is 0.347 e. The zero-order valence-electron chi connectivity index (χ0n) is 10.9. The quantitative estimate of drug-likeness (QED) is 0.930. The standard InChI is InChI=1S/C13H15ClN4O/c1-3-15-12-5-4-10(14)11(17-12)8-18-7-9(2)6-16-13(18)19/h4-7H,3,8H2,1-2H3,(H,15,17). The highest BCUT2D eigenvalue weighted by Crippen LogP contribution is 2.17. The molecule has 19 heavy (non-hydrogen) atoms. The molecular weight excluding hydrogens is 264 g/mol. The second-order valence-electron chi connectivity index (χ2n) is 4.20. The van der Waals surface area contributed by atoms with Crippen molar-refractivity contribution in [2.24, 2.45) is 0 Å². The number of nitrogens with zero attached hydrogens (tertiary/aromatic N) is 3. The number of hydrogen-bond acceptors (Lipinski definition) is 4. The minimum absolute atomic E-state index is 0.308. The van der Waals surface area contributed by atoms with Crippen LogP contribution in [-0.4, -0.2) is 21.1 Å². The van der Waals surface area contributed by atoms with Crippen LogP contribution in [0.4, 0.5) is 5.82 Å². The molecule has 5 nitrogen and oxygen atoms in total. The molecule has 0 bridgehead atoms. The summed E-state index contributed by atoms with van der Waals surface area (Å²) in [5.41, 5.74) is 1.26. The van der Waals surface area contributed by atoms with Gasteiger partial charge in [-0.2, -0.15) is 0 Å². The molecule has 0 radical (unpaired) electrons. The lowest BCUT2D eigenvalue weighted by molar-refractivity contribution is 0.706. The minimum Gasteiger partial charge on any atom is -0.370 e. The average Bonchev–Trinajstić information content (AvgIpc) is 2.38. The first-order valence-electron chi connectivity index (χ1n) is 6.02. The van der Waals surface area contributed by atoms with E-state index in [2.05, 4.69) is 15.3 Å². The highest BCUT2D eigenvalue weighted by Gasteiger charge is 2.06. The SMILES string of the molecule is CCNc1ccc(Cl)c(Cn2cc(C)cnc2=O)n1. The van der Waals surface area contributed by atoms with E-state index in [1.54, 1.807) is 18.5 Å². The molecule has 0 aliphatic carbocycles. The van der Waals surface area contributed by atoms with Crippen LogP contribution in [0, 0.1) is 6.92 Å². The summed E-state index contributed by atoms with van der Waals surface area (Å²) >= 11 is 6.11. The van der Waals surface area contributed by atoms with Gasteiger partial charge in [0.1, 0.15) is 5.82 Å². The van der Waals surface area contributed by atoms with Crippen LogP contribution in [0.25, 0.3) is 0 Å². The van der Waals surface area contributed by atoms with Crippen molar-refractivity contribution in [2.45, 2.75) is 20.4 Å². The number of aryl methyl sites for hydroxylation is 1. The van der Waals surface area contributed by atoms with E-state index in [1.807, 2.05) is 19.9 Å². The Balaban J connectivity index is 2.34. The molecule has 0 fully saturated rings. The van der Waals surface area contributed by atoms with Crippen molar-refractivity contribution in [1.29, 1.82) is 0 Å². The third kappa shape index (κ3) is 3.32. The number of anilines is 1. The van der Waals surface area contributed by atoms with Crippen molar-refractivity contribution in [2.75, 3.05) is 11.9 Å². The first-order valence-corrected chi connectivity index (χ1v) is 6.40. The lowest BCUT2D eigenvalue weighted by Crippen LogP contribution is -2.23. The number of pyridine rings is 1. The van der Waals surface area contributed by atoms with Crippen LogP contribution in [0.3, 0.4) is 0 Å². The van der Waals surface area contributed by atoms with Gasteiger partial charge < -0.3 is 5.32 Å². The Morgan fingerprint density at radius 1 is 1.42 bits per heavy atom. The summed E-state index contributed by atoms with van der Waals surface area (Å²) in [6.07, 6.45) is 3.29. The molecule has 0 unspecified atom stereocenters. The molecule has 0 aliphatic rings. The normalized spacial score (nSPS) is 10.5. The zero-order valence-corrected chi connectivity index (χ0v) is 11.6. The lowest BCUT2D eigenvalue weighted by atomic mass is 10.3. The largest absolute Gasteiger partial charge is 0.370 e. The van der Waals surface area contributed by atoms with Gasteiger partial charge in [0.2, 0.25) is 0 Å². The van der Waals surface area contributed by atoms with Crippen molar-refractivity contribution < 1.29 is 0 Å². The molecule has 0 saturated carbocycles. The number of aromatic nitrogens is 3. The molecule has 0 spiro atoms. The average molecular weight is 279 g/mol. The van der Waals surface area contributed by atoms with Crippen molar-refractivity contribution in [1.82, 2.24) is 14.5 Å². The summed E-state index contributed by atoms with van der Waals surface area (Å²) in [4.78, 5) is 19.8. The van der Waals surface area contributed by atoms with E-state index in [0.29, 0.717) is 17.3 Å². The highest BCUT2D eigenvalue weighted by atomic mass is 35.5. The van der Waals surface area contributed by atoms with Gasteiger partial charge in [0, 0.05) is 18.9 Å².